The number of carbonyl (C=O) groups is 8. The smallest absolute Gasteiger partial charge is 0.246 e. The molecule has 0 radical (unpaired) electrons. The van der Waals surface area contributed by atoms with Gasteiger partial charge in [0.2, 0.25) is 47.3 Å². The Bertz CT molecular complexity index is 2660. The van der Waals surface area contributed by atoms with E-state index in [4.69, 9.17) is 0 Å². The van der Waals surface area contributed by atoms with E-state index in [9.17, 15) is 38.4 Å². The summed E-state index contributed by atoms with van der Waals surface area (Å²) in [5.41, 5.74) is 4.37. The molecule has 0 saturated carbocycles. The number of likely N-dealkylation sites (N-methyl/N-ethyl adjacent to an activating group) is 2. The Balaban J connectivity index is 0.838. The summed E-state index contributed by atoms with van der Waals surface area (Å²) in [4.78, 5) is 116. The minimum Gasteiger partial charge on any atom is -0.352 e. The Morgan fingerprint density at radius 1 is 0.537 bits per heavy atom. The molecule has 18 nitrogen and oxygen atoms in total. The number of hydrogen-bond donors (Lipinski definition) is 8. The van der Waals surface area contributed by atoms with Gasteiger partial charge in [0.1, 0.15) is 24.2 Å². The number of nitrogens with zero attached hydrogens (tertiary/aromatic N) is 2. The third-order valence-electron chi connectivity index (χ3n) is 17.6. The summed E-state index contributed by atoms with van der Waals surface area (Å²) in [7, 11) is 3.38. The van der Waals surface area contributed by atoms with E-state index in [1.54, 1.807) is 61.3 Å². The van der Waals surface area contributed by atoms with Gasteiger partial charge in [0.15, 0.2) is 0 Å². The Morgan fingerprint density at radius 3 is 1.29 bits per heavy atom. The van der Waals surface area contributed by atoms with Gasteiger partial charge in [-0.05, 0) is 135 Å². The number of amides is 8. The van der Waals surface area contributed by atoms with Gasteiger partial charge in [-0.1, -0.05) is 100 Å². The van der Waals surface area contributed by atoms with E-state index in [2.05, 4.69) is 42.5 Å². The van der Waals surface area contributed by atoms with Crippen LogP contribution < -0.4 is 42.5 Å². The third-order valence-corrected chi connectivity index (χ3v) is 20.1. The van der Waals surface area contributed by atoms with Gasteiger partial charge in [0.05, 0.1) is 46.8 Å². The fourth-order valence-corrected chi connectivity index (χ4v) is 16.0. The molecule has 4 aliphatic heterocycles. The van der Waals surface area contributed by atoms with Crippen LogP contribution in [0.15, 0.2) is 72.8 Å². The molecule has 3 aromatic rings. The second-order valence-corrected chi connectivity index (χ2v) is 26.5. The number of hydrogen-bond acceptors (Lipinski definition) is 12. The van der Waals surface area contributed by atoms with Crippen LogP contribution in [0.25, 0.3) is 0 Å². The number of aryl methyl sites for hydroxylation is 2. The van der Waals surface area contributed by atoms with Gasteiger partial charge in [-0.2, -0.15) is 0 Å². The van der Waals surface area contributed by atoms with Crippen LogP contribution in [-0.2, 0) is 64.3 Å². The lowest BCUT2D eigenvalue weighted by molar-refractivity contribution is -0.144. The van der Waals surface area contributed by atoms with Crippen LogP contribution in [0.4, 0.5) is 0 Å². The number of nitrogens with one attached hydrogen (secondary N) is 8. The summed E-state index contributed by atoms with van der Waals surface area (Å²) in [5, 5.41) is 24.1. The van der Waals surface area contributed by atoms with Crippen molar-refractivity contribution in [1.82, 2.24) is 52.3 Å². The minimum atomic E-state index is -0.826. The molecule has 4 saturated heterocycles. The molecule has 80 heavy (non-hydrogen) atoms. The molecule has 430 valence electrons. The van der Waals surface area contributed by atoms with Gasteiger partial charge in [-0.25, -0.2) is 0 Å². The van der Waals surface area contributed by atoms with Gasteiger partial charge < -0.3 is 52.3 Å². The van der Waals surface area contributed by atoms with Crippen molar-refractivity contribution in [3.05, 3.63) is 106 Å². The van der Waals surface area contributed by atoms with Crippen molar-refractivity contribution in [2.75, 3.05) is 25.6 Å². The predicted molar refractivity (Wildman–Crippen MR) is 309 cm³/mol. The zero-order valence-corrected chi connectivity index (χ0v) is 49.0. The maximum Gasteiger partial charge on any atom is 0.246 e. The van der Waals surface area contributed by atoms with Crippen molar-refractivity contribution in [2.24, 2.45) is 22.7 Å². The lowest BCUT2D eigenvalue weighted by Crippen LogP contribution is -2.58. The zero-order chi connectivity index (χ0) is 57.2. The highest BCUT2D eigenvalue weighted by molar-refractivity contribution is 8.00. The van der Waals surface area contributed by atoms with Crippen LogP contribution in [0.2, 0.25) is 0 Å². The summed E-state index contributed by atoms with van der Waals surface area (Å²) in [6.45, 7) is 11.9. The van der Waals surface area contributed by atoms with Crippen molar-refractivity contribution >= 4 is 70.8 Å². The fraction of sp³-hybridized carbons (Fsp3) is 0.567. The number of carbonyl (C=O) groups excluding carboxylic acids is 8. The van der Waals surface area contributed by atoms with Crippen LogP contribution >= 0.6 is 23.5 Å². The van der Waals surface area contributed by atoms with Crippen LogP contribution in [0.1, 0.15) is 126 Å². The number of thioether (sulfide) groups is 2. The molecule has 8 amide bonds. The van der Waals surface area contributed by atoms with Crippen LogP contribution in [0.5, 0.6) is 0 Å². The Hall–Kier alpha value is -5.96. The minimum absolute atomic E-state index is 0.205. The molecule has 0 aromatic heterocycles. The first-order valence-electron chi connectivity index (χ1n) is 28.4. The number of rotatable bonds is 16. The summed E-state index contributed by atoms with van der Waals surface area (Å²) >= 11 is 3.27. The molecule has 0 spiro atoms. The highest BCUT2D eigenvalue weighted by Crippen LogP contribution is 2.49. The summed E-state index contributed by atoms with van der Waals surface area (Å²) in [6.07, 6.45) is 4.45. The van der Waals surface area contributed by atoms with Gasteiger partial charge >= 0.3 is 0 Å². The van der Waals surface area contributed by atoms with Crippen LogP contribution in [0, 0.1) is 22.7 Å². The number of fused-ring (bicyclic) bond motifs is 4. The molecule has 3 aromatic carbocycles. The lowest BCUT2D eigenvalue weighted by atomic mass is 9.78. The highest BCUT2D eigenvalue weighted by atomic mass is 32.2. The predicted octanol–water partition coefficient (Wildman–Crippen LogP) is 4.12. The highest BCUT2D eigenvalue weighted by Gasteiger charge is 2.57. The molecular weight excluding hydrogens is 1050 g/mol. The average molecular weight is 1130 g/mol. The molecule has 0 unspecified atom stereocenters. The molecule has 4 heterocycles. The normalized spacial score (nSPS) is 28.2. The monoisotopic (exact) mass is 1130 g/mol. The summed E-state index contributed by atoms with van der Waals surface area (Å²) < 4.78 is 0. The Kier molecular flexibility index (Phi) is 18.1. The first-order valence-corrected chi connectivity index (χ1v) is 30.5. The van der Waals surface area contributed by atoms with Crippen molar-refractivity contribution in [2.45, 2.75) is 165 Å². The maximum absolute atomic E-state index is 14.8. The van der Waals surface area contributed by atoms with Crippen LogP contribution in [0.3, 0.4) is 0 Å². The SMILES string of the molecule is CN[C@@H](C)C(=O)N[C@H]1CCS[C@H]2CC(C)(C)[C@@H](C(=O)N[C@H]3c4ccccc4CC[C@H]3C(=O)NCc3ccc(CNC(=O)[C@@H]4CCc5ccccc5[C@@H]4NC(=O)[C@H]4N5C(=O)[C@@H](NC(=O)[C@H](C)NC)CCS[C@H]5CC4(C)C)cc3)N2C1=O. The van der Waals surface area contributed by atoms with E-state index in [-0.39, 0.29) is 71.1 Å². The average Bonchev–Trinajstić information content (AvgIpc) is 3.85. The summed E-state index contributed by atoms with van der Waals surface area (Å²) in [5.74, 6) is -2.04. The standard InChI is InChI=1S/C60H80N10O8S2/c1-33(61-7)51(71)65-43-25-27-79-45-29-59(3,4)49(69(45)57(43)77)55(75)67-47-39-15-11-9-13-37(39)21-23-41(47)53(73)63-31-35-17-19-36(20-18-35)32-64-54(74)42-24-22-38-14-10-12-16-40(38)48(42)68-56(76)50-60(5,6)30-46-70(50)58(78)44(26-28-80-46)66-52(72)34(2)62-8/h9-20,33-34,41-50,61-62H,21-32H2,1-8H3,(H,63,73)(H,64,74)(H,65,71)(H,66,72)(H,67,75)(H,68,76)/t33-,34-,41+,42+,43-,44-,45-,46-,47-,48-,49+,50+/m0/s1. The van der Waals surface area contributed by atoms with E-state index >= 15 is 0 Å². The van der Waals surface area contributed by atoms with Gasteiger partial charge in [-0.3, -0.25) is 38.4 Å². The molecule has 20 heteroatoms. The van der Waals surface area contributed by atoms with E-state index in [0.717, 1.165) is 33.4 Å². The van der Waals surface area contributed by atoms with Crippen LogP contribution in [-0.4, -0.2) is 130 Å². The zero-order valence-electron chi connectivity index (χ0n) is 47.3. The van der Waals surface area contributed by atoms with Gasteiger partial charge in [0, 0.05) is 13.1 Å². The molecule has 8 N–H and O–H groups in total. The van der Waals surface area contributed by atoms with E-state index in [0.29, 0.717) is 62.9 Å². The van der Waals surface area contributed by atoms with Gasteiger partial charge in [0.25, 0.3) is 0 Å². The first kappa shape index (κ1) is 58.7. The van der Waals surface area contributed by atoms with E-state index < -0.39 is 71.0 Å². The summed E-state index contributed by atoms with van der Waals surface area (Å²) in [6, 6.07) is 17.9. The molecular formula is C60H80N10O8S2. The van der Waals surface area contributed by atoms with E-state index in [1.165, 1.54) is 0 Å². The quantitative estimate of drug-likeness (QED) is 0.101. The molecule has 6 aliphatic rings. The van der Waals surface area contributed by atoms with Crippen molar-refractivity contribution in [3.8, 4) is 0 Å². The van der Waals surface area contributed by atoms with Crippen molar-refractivity contribution in [3.63, 3.8) is 0 Å². The Labute approximate surface area is 478 Å². The first-order chi connectivity index (χ1) is 38.2. The Morgan fingerprint density at radius 2 is 0.912 bits per heavy atom. The second kappa shape index (κ2) is 24.6. The largest absolute Gasteiger partial charge is 0.352 e. The second-order valence-electron chi connectivity index (χ2n) is 24.0. The van der Waals surface area contributed by atoms with Gasteiger partial charge in [-0.15, -0.1) is 23.5 Å². The van der Waals surface area contributed by atoms with E-state index in [1.807, 2.05) is 100 Å². The number of benzene rings is 3. The maximum atomic E-state index is 14.8. The van der Waals surface area contributed by atoms with Crippen molar-refractivity contribution in [1.29, 1.82) is 0 Å². The van der Waals surface area contributed by atoms with Crippen molar-refractivity contribution < 1.29 is 38.4 Å². The fourth-order valence-electron chi connectivity index (χ4n) is 12.9. The third kappa shape index (κ3) is 12.3. The molecule has 12 atom stereocenters. The molecule has 2 aliphatic carbocycles. The molecule has 0 bridgehead atoms. The topological polar surface area (TPSA) is 239 Å². The molecule has 4 fully saturated rings. The molecule has 9 rings (SSSR count). The lowest BCUT2D eigenvalue weighted by Gasteiger charge is -2.38.